The largest absolute Gasteiger partial charge is 0.369 e. The molecule has 0 bridgehead atoms. The Morgan fingerprint density at radius 1 is 1.21 bits per heavy atom. The van der Waals surface area contributed by atoms with Gasteiger partial charge in [-0.3, -0.25) is 9.79 Å². The molecule has 3 nitrogen and oxygen atoms in total. The number of primary amides is 1. The molecule has 2 unspecified atom stereocenters. The first-order chi connectivity index (χ1) is 9.25. The van der Waals surface area contributed by atoms with Crippen LogP contribution in [0.15, 0.2) is 41.1 Å². The van der Waals surface area contributed by atoms with Crippen LogP contribution in [-0.2, 0) is 4.79 Å². The molecule has 0 aromatic rings. The Labute approximate surface area is 114 Å². The summed E-state index contributed by atoms with van der Waals surface area (Å²) in [5.41, 5.74) is 7.66. The Morgan fingerprint density at radius 2 is 2.00 bits per heavy atom. The van der Waals surface area contributed by atoms with Crippen LogP contribution in [0.3, 0.4) is 0 Å². The fraction of sp³-hybridized carbons (Fsp3) is 0.500. The number of fused-ring (bicyclic) bond motifs is 1. The van der Waals surface area contributed by atoms with Gasteiger partial charge in [-0.2, -0.15) is 0 Å². The monoisotopic (exact) mass is 256 g/mol. The summed E-state index contributed by atoms with van der Waals surface area (Å²) in [7, 11) is 0. The molecule has 2 N–H and O–H groups in total. The molecule has 1 fully saturated rings. The van der Waals surface area contributed by atoms with Crippen molar-refractivity contribution in [2.45, 2.75) is 32.1 Å². The molecule has 2 atom stereocenters. The van der Waals surface area contributed by atoms with E-state index in [0.29, 0.717) is 5.92 Å². The van der Waals surface area contributed by atoms with E-state index in [1.807, 2.05) is 30.4 Å². The first kappa shape index (κ1) is 12.4. The molecule has 2 aliphatic carbocycles. The second kappa shape index (κ2) is 5.16. The minimum absolute atomic E-state index is 0.0369. The molecule has 100 valence electrons. The molecule has 0 spiro atoms. The average Bonchev–Trinajstić information content (AvgIpc) is 2.47. The molecule has 0 aromatic carbocycles. The quantitative estimate of drug-likeness (QED) is 0.811. The summed E-state index contributed by atoms with van der Waals surface area (Å²) in [5, 5.41) is 0. The third kappa shape index (κ3) is 2.42. The number of nitrogens with zero attached hydrogens (tertiary/aromatic N) is 1. The average molecular weight is 256 g/mol. The van der Waals surface area contributed by atoms with Crippen LogP contribution in [0, 0.1) is 17.8 Å². The van der Waals surface area contributed by atoms with Gasteiger partial charge in [0.15, 0.2) is 0 Å². The summed E-state index contributed by atoms with van der Waals surface area (Å²) in [4.78, 5) is 16.5. The smallest absolute Gasteiger partial charge is 0.225 e. The lowest BCUT2D eigenvalue weighted by Gasteiger charge is -2.30. The summed E-state index contributed by atoms with van der Waals surface area (Å²) in [5.74, 6) is 0.0782. The van der Waals surface area contributed by atoms with Crippen LogP contribution in [-0.4, -0.2) is 11.6 Å². The lowest BCUT2D eigenvalue weighted by atomic mass is 9.78. The van der Waals surface area contributed by atoms with Crippen molar-refractivity contribution in [2.24, 2.45) is 28.5 Å². The number of allylic oxidation sites excluding steroid dienone is 5. The topological polar surface area (TPSA) is 55.5 Å². The molecular formula is C16H20N2O. The van der Waals surface area contributed by atoms with Crippen molar-refractivity contribution >= 4 is 11.6 Å². The van der Waals surface area contributed by atoms with Gasteiger partial charge >= 0.3 is 0 Å². The van der Waals surface area contributed by atoms with Crippen molar-refractivity contribution in [3.63, 3.8) is 0 Å². The summed E-state index contributed by atoms with van der Waals surface area (Å²) in [6.07, 6.45) is 16.3. The van der Waals surface area contributed by atoms with Crippen LogP contribution < -0.4 is 5.73 Å². The fourth-order valence-corrected chi connectivity index (χ4v) is 3.32. The van der Waals surface area contributed by atoms with E-state index >= 15 is 0 Å². The summed E-state index contributed by atoms with van der Waals surface area (Å²) >= 11 is 0. The fourth-order valence-electron chi connectivity index (χ4n) is 3.32. The van der Waals surface area contributed by atoms with Crippen molar-refractivity contribution in [3.05, 3.63) is 36.1 Å². The normalized spacial score (nSPS) is 30.5. The SMILES string of the molecule is NC(=O)C1C=C(C2CCCCC2)N=C2C=CC=CC21. The highest BCUT2D eigenvalue weighted by molar-refractivity contribution is 6.03. The van der Waals surface area contributed by atoms with Crippen molar-refractivity contribution in [2.75, 3.05) is 0 Å². The third-order valence-electron chi connectivity index (χ3n) is 4.39. The van der Waals surface area contributed by atoms with Crippen LogP contribution in [0.1, 0.15) is 32.1 Å². The second-order valence-corrected chi connectivity index (χ2v) is 5.66. The highest BCUT2D eigenvalue weighted by Gasteiger charge is 2.32. The maximum absolute atomic E-state index is 11.7. The van der Waals surface area contributed by atoms with Crippen LogP contribution in [0.5, 0.6) is 0 Å². The Hall–Kier alpha value is -1.64. The Balaban J connectivity index is 1.91. The zero-order chi connectivity index (χ0) is 13.2. The predicted molar refractivity (Wildman–Crippen MR) is 76.5 cm³/mol. The molecule has 1 saturated carbocycles. The highest BCUT2D eigenvalue weighted by Crippen LogP contribution is 2.36. The van der Waals surface area contributed by atoms with E-state index in [0.717, 1.165) is 11.4 Å². The maximum Gasteiger partial charge on any atom is 0.225 e. The zero-order valence-electron chi connectivity index (χ0n) is 11.1. The molecule has 1 amide bonds. The number of aliphatic imine (C=N–C) groups is 1. The molecule has 0 aromatic heterocycles. The molecule has 0 saturated heterocycles. The van der Waals surface area contributed by atoms with Gasteiger partial charge in [0.25, 0.3) is 0 Å². The van der Waals surface area contributed by atoms with E-state index in [4.69, 9.17) is 10.7 Å². The van der Waals surface area contributed by atoms with Crippen molar-refractivity contribution in [1.82, 2.24) is 0 Å². The minimum Gasteiger partial charge on any atom is -0.369 e. The summed E-state index contributed by atoms with van der Waals surface area (Å²) < 4.78 is 0. The lowest BCUT2D eigenvalue weighted by Crippen LogP contribution is -2.35. The van der Waals surface area contributed by atoms with Crippen molar-refractivity contribution in [1.29, 1.82) is 0 Å². The van der Waals surface area contributed by atoms with E-state index in [1.165, 1.54) is 32.1 Å². The summed E-state index contributed by atoms with van der Waals surface area (Å²) in [6, 6.07) is 0. The van der Waals surface area contributed by atoms with E-state index in [-0.39, 0.29) is 17.7 Å². The first-order valence-electron chi connectivity index (χ1n) is 7.20. The van der Waals surface area contributed by atoms with Crippen molar-refractivity contribution < 1.29 is 4.79 Å². The molecule has 19 heavy (non-hydrogen) atoms. The number of carbonyl (C=O) groups is 1. The standard InChI is InChI=1S/C16H20N2O/c17-16(19)13-10-15(11-6-2-1-3-7-11)18-14-9-5-4-8-12(13)14/h4-5,8-13H,1-3,6-7H2,(H2,17,19). The van der Waals surface area contributed by atoms with Crippen LogP contribution in [0.4, 0.5) is 0 Å². The van der Waals surface area contributed by atoms with Gasteiger partial charge < -0.3 is 5.73 Å². The Morgan fingerprint density at radius 3 is 2.74 bits per heavy atom. The number of hydrogen-bond acceptors (Lipinski definition) is 2. The van der Waals surface area contributed by atoms with Gasteiger partial charge in [0.1, 0.15) is 0 Å². The van der Waals surface area contributed by atoms with Crippen molar-refractivity contribution in [3.8, 4) is 0 Å². The van der Waals surface area contributed by atoms with E-state index < -0.39 is 0 Å². The van der Waals surface area contributed by atoms with E-state index in [1.54, 1.807) is 0 Å². The lowest BCUT2D eigenvalue weighted by molar-refractivity contribution is -0.120. The van der Waals surface area contributed by atoms with Gasteiger partial charge in [0.05, 0.1) is 5.92 Å². The second-order valence-electron chi connectivity index (χ2n) is 5.66. The number of rotatable bonds is 2. The Kier molecular flexibility index (Phi) is 3.36. The van der Waals surface area contributed by atoms with Gasteiger partial charge in [0, 0.05) is 23.2 Å². The van der Waals surface area contributed by atoms with Crippen LogP contribution in [0.2, 0.25) is 0 Å². The van der Waals surface area contributed by atoms with Gasteiger partial charge in [-0.25, -0.2) is 0 Å². The number of carbonyl (C=O) groups excluding carboxylic acids is 1. The van der Waals surface area contributed by atoms with Gasteiger partial charge in [-0.1, -0.05) is 37.5 Å². The molecule has 3 rings (SSSR count). The van der Waals surface area contributed by atoms with Crippen LogP contribution >= 0.6 is 0 Å². The van der Waals surface area contributed by atoms with Gasteiger partial charge in [-0.05, 0) is 25.0 Å². The maximum atomic E-state index is 11.7. The van der Waals surface area contributed by atoms with Crippen LogP contribution in [0.25, 0.3) is 0 Å². The van der Waals surface area contributed by atoms with E-state index in [9.17, 15) is 4.79 Å². The molecule has 3 aliphatic rings. The van der Waals surface area contributed by atoms with Gasteiger partial charge in [-0.15, -0.1) is 0 Å². The molecule has 3 heteroatoms. The molecular weight excluding hydrogens is 236 g/mol. The Bertz CT molecular complexity index is 493. The third-order valence-corrected chi connectivity index (χ3v) is 4.39. The van der Waals surface area contributed by atoms with E-state index in [2.05, 4.69) is 0 Å². The number of amides is 1. The van der Waals surface area contributed by atoms with Gasteiger partial charge in [0.2, 0.25) is 5.91 Å². The molecule has 0 radical (unpaired) electrons. The number of nitrogens with two attached hydrogens (primary N) is 1. The first-order valence-corrected chi connectivity index (χ1v) is 7.20. The summed E-state index contributed by atoms with van der Waals surface area (Å²) in [6.45, 7) is 0. The zero-order valence-corrected chi connectivity index (χ0v) is 11.1. The minimum atomic E-state index is -0.245. The molecule has 1 aliphatic heterocycles. The predicted octanol–water partition coefficient (Wildman–Crippen LogP) is 2.75. The molecule has 1 heterocycles. The highest BCUT2D eigenvalue weighted by atomic mass is 16.1. The number of hydrogen-bond donors (Lipinski definition) is 1.